The Kier molecular flexibility index (Phi) is 4.57. The molecule has 1 amide bonds. The van der Waals surface area contributed by atoms with E-state index in [1.807, 2.05) is 0 Å². The van der Waals surface area contributed by atoms with E-state index in [0.717, 1.165) is 9.47 Å². The molecule has 0 saturated carbocycles. The van der Waals surface area contributed by atoms with Gasteiger partial charge >= 0.3 is 12.1 Å². The van der Waals surface area contributed by atoms with Gasteiger partial charge in [-0.1, -0.05) is 12.1 Å². The Hall–Kier alpha value is -2.58. The molecule has 0 spiro atoms. The number of carboxylic acid groups (broad SMARTS) is 1. The van der Waals surface area contributed by atoms with E-state index in [0.29, 0.717) is 0 Å². The van der Waals surface area contributed by atoms with E-state index in [1.54, 1.807) is 12.1 Å². The number of amides is 1. The van der Waals surface area contributed by atoms with Crippen LogP contribution in [0.3, 0.4) is 0 Å². The predicted octanol–water partition coefficient (Wildman–Crippen LogP) is 1.99. The monoisotopic (exact) mass is 329 g/mol. The summed E-state index contributed by atoms with van der Waals surface area (Å²) in [4.78, 5) is 27.2. The van der Waals surface area contributed by atoms with Gasteiger partial charge in [0.1, 0.15) is 6.54 Å². The Morgan fingerprint density at radius 2 is 1.96 bits per heavy atom. The Labute approximate surface area is 129 Å². The van der Waals surface area contributed by atoms with Crippen LogP contribution in [0.25, 0.3) is 11.0 Å². The molecule has 124 valence electrons. The van der Waals surface area contributed by atoms with Crippen LogP contribution in [0.5, 0.6) is 0 Å². The lowest BCUT2D eigenvalue weighted by molar-refractivity contribution is -0.148. The average molecular weight is 329 g/mol. The van der Waals surface area contributed by atoms with Gasteiger partial charge in [0.25, 0.3) is 0 Å². The first-order valence-corrected chi connectivity index (χ1v) is 6.68. The summed E-state index contributed by atoms with van der Waals surface area (Å²) in [6, 6.07) is 5.99. The highest BCUT2D eigenvalue weighted by Gasteiger charge is 2.38. The van der Waals surface area contributed by atoms with Crippen LogP contribution >= 0.6 is 0 Å². The number of imidazole rings is 1. The second-order valence-corrected chi connectivity index (χ2v) is 4.97. The first kappa shape index (κ1) is 16.8. The van der Waals surface area contributed by atoms with E-state index in [9.17, 15) is 22.8 Å². The number of aliphatic carboxylic acids is 1. The zero-order chi connectivity index (χ0) is 17.2. The van der Waals surface area contributed by atoms with E-state index >= 15 is 0 Å². The van der Waals surface area contributed by atoms with Crippen LogP contribution in [0.15, 0.2) is 24.3 Å². The Balaban J connectivity index is 2.31. The largest absolute Gasteiger partial charge is 0.481 e. The van der Waals surface area contributed by atoms with Crippen molar-refractivity contribution in [2.24, 2.45) is 0 Å². The molecule has 0 aliphatic rings. The van der Waals surface area contributed by atoms with Gasteiger partial charge in [-0.05, 0) is 12.1 Å². The van der Waals surface area contributed by atoms with Crippen molar-refractivity contribution in [3.63, 3.8) is 0 Å². The molecule has 1 aromatic carbocycles. The fraction of sp³-hybridized carbons (Fsp3) is 0.357. The number of fused-ring (bicyclic) bond motifs is 1. The number of benzene rings is 1. The van der Waals surface area contributed by atoms with Gasteiger partial charge in [-0.3, -0.25) is 9.59 Å². The molecule has 0 fully saturated rings. The predicted molar refractivity (Wildman–Crippen MR) is 74.6 cm³/mol. The van der Waals surface area contributed by atoms with E-state index < -0.39 is 30.4 Å². The molecule has 9 heteroatoms. The van der Waals surface area contributed by atoms with Crippen LogP contribution in [-0.4, -0.2) is 45.0 Å². The SMILES string of the molecule is CN(CCC(=O)O)C(=O)Cn1c(C(F)(F)F)nc2ccccc21. The number of hydrogen-bond acceptors (Lipinski definition) is 3. The minimum atomic E-state index is -4.70. The summed E-state index contributed by atoms with van der Waals surface area (Å²) in [6.07, 6.45) is -4.97. The van der Waals surface area contributed by atoms with Gasteiger partial charge in [0.2, 0.25) is 11.7 Å². The smallest absolute Gasteiger partial charge is 0.449 e. The fourth-order valence-electron chi connectivity index (χ4n) is 2.10. The molecule has 1 aromatic heterocycles. The minimum absolute atomic E-state index is 0.0812. The number of nitrogens with zero attached hydrogens (tertiary/aromatic N) is 3. The standard InChI is InChI=1S/C14H14F3N3O3/c1-19(7-6-12(22)23)11(21)8-20-10-5-3-2-4-9(10)18-13(20)14(15,16)17/h2-5H,6-8H2,1H3,(H,22,23). The molecule has 0 aliphatic heterocycles. The fourth-order valence-corrected chi connectivity index (χ4v) is 2.10. The van der Waals surface area contributed by atoms with Gasteiger partial charge in [-0.2, -0.15) is 13.2 Å². The van der Waals surface area contributed by atoms with Crippen LogP contribution in [0.1, 0.15) is 12.2 Å². The number of likely N-dealkylation sites (N-methyl/N-ethyl adjacent to an activating group) is 1. The quantitative estimate of drug-likeness (QED) is 0.910. The Morgan fingerprint density at radius 3 is 2.57 bits per heavy atom. The molecule has 0 saturated heterocycles. The van der Waals surface area contributed by atoms with Crippen molar-refractivity contribution in [1.29, 1.82) is 0 Å². The van der Waals surface area contributed by atoms with Crippen molar-refractivity contribution in [2.45, 2.75) is 19.1 Å². The van der Waals surface area contributed by atoms with E-state index in [4.69, 9.17) is 5.11 Å². The Bertz CT molecular complexity index is 740. The molecule has 0 atom stereocenters. The van der Waals surface area contributed by atoms with Crippen molar-refractivity contribution in [1.82, 2.24) is 14.5 Å². The van der Waals surface area contributed by atoms with Crippen molar-refractivity contribution in [3.05, 3.63) is 30.1 Å². The summed E-state index contributed by atoms with van der Waals surface area (Å²) in [5, 5.41) is 8.59. The van der Waals surface area contributed by atoms with Crippen molar-refractivity contribution in [2.75, 3.05) is 13.6 Å². The number of carbonyl (C=O) groups excluding carboxylic acids is 1. The van der Waals surface area contributed by atoms with Gasteiger partial charge in [-0.15, -0.1) is 0 Å². The lowest BCUT2D eigenvalue weighted by Crippen LogP contribution is -2.33. The average Bonchev–Trinajstić information content (AvgIpc) is 2.83. The third-order valence-corrected chi connectivity index (χ3v) is 3.29. The molecule has 1 heterocycles. The number of hydrogen-bond donors (Lipinski definition) is 1. The van der Waals surface area contributed by atoms with Crippen molar-refractivity contribution < 1.29 is 27.9 Å². The number of para-hydroxylation sites is 2. The molecular formula is C14H14F3N3O3. The molecular weight excluding hydrogens is 315 g/mol. The molecule has 0 aliphatic carbocycles. The maximum atomic E-state index is 13.1. The zero-order valence-electron chi connectivity index (χ0n) is 12.2. The Morgan fingerprint density at radius 1 is 1.30 bits per heavy atom. The second kappa shape index (κ2) is 6.27. The van der Waals surface area contributed by atoms with E-state index in [2.05, 4.69) is 4.98 Å². The molecule has 2 aromatic rings. The lowest BCUT2D eigenvalue weighted by Gasteiger charge is -2.18. The summed E-state index contributed by atoms with van der Waals surface area (Å²) >= 11 is 0. The maximum Gasteiger partial charge on any atom is 0.449 e. The highest BCUT2D eigenvalue weighted by Crippen LogP contribution is 2.31. The van der Waals surface area contributed by atoms with Gasteiger partial charge in [0.05, 0.1) is 17.5 Å². The number of alkyl halides is 3. The molecule has 6 nitrogen and oxygen atoms in total. The minimum Gasteiger partial charge on any atom is -0.481 e. The highest BCUT2D eigenvalue weighted by atomic mass is 19.4. The third-order valence-electron chi connectivity index (χ3n) is 3.29. The van der Waals surface area contributed by atoms with Gasteiger partial charge in [-0.25, -0.2) is 4.98 Å². The molecule has 0 radical (unpaired) electrons. The summed E-state index contributed by atoms with van der Waals surface area (Å²) in [5.41, 5.74) is 0.334. The number of carboxylic acids is 1. The van der Waals surface area contributed by atoms with Crippen molar-refractivity contribution in [3.8, 4) is 0 Å². The van der Waals surface area contributed by atoms with Crippen LogP contribution < -0.4 is 0 Å². The first-order valence-electron chi connectivity index (χ1n) is 6.68. The van der Waals surface area contributed by atoms with Gasteiger partial charge in [0, 0.05) is 13.6 Å². The number of carbonyl (C=O) groups is 2. The molecule has 0 bridgehead atoms. The molecule has 23 heavy (non-hydrogen) atoms. The molecule has 0 unspecified atom stereocenters. The van der Waals surface area contributed by atoms with Gasteiger partial charge < -0.3 is 14.6 Å². The van der Waals surface area contributed by atoms with Crippen LogP contribution in [0.4, 0.5) is 13.2 Å². The third kappa shape index (κ3) is 3.79. The summed E-state index contributed by atoms with van der Waals surface area (Å²) in [7, 11) is 1.34. The molecule has 1 N–H and O–H groups in total. The van der Waals surface area contributed by atoms with E-state index in [-0.39, 0.29) is 24.0 Å². The van der Waals surface area contributed by atoms with Crippen LogP contribution in [0.2, 0.25) is 0 Å². The summed E-state index contributed by atoms with van der Waals surface area (Å²) in [5.74, 6) is -2.87. The van der Waals surface area contributed by atoms with Crippen LogP contribution in [-0.2, 0) is 22.3 Å². The van der Waals surface area contributed by atoms with Gasteiger partial charge in [0.15, 0.2) is 0 Å². The second-order valence-electron chi connectivity index (χ2n) is 4.97. The maximum absolute atomic E-state index is 13.1. The summed E-state index contributed by atoms with van der Waals surface area (Å²) < 4.78 is 40.1. The zero-order valence-corrected chi connectivity index (χ0v) is 12.2. The topological polar surface area (TPSA) is 75.4 Å². The summed E-state index contributed by atoms with van der Waals surface area (Å²) in [6.45, 7) is -0.645. The highest BCUT2D eigenvalue weighted by molar-refractivity contribution is 5.81. The number of aromatic nitrogens is 2. The van der Waals surface area contributed by atoms with Crippen molar-refractivity contribution >= 4 is 22.9 Å². The number of halogens is 3. The normalized spacial score (nSPS) is 11.7. The number of rotatable bonds is 5. The lowest BCUT2D eigenvalue weighted by atomic mass is 10.3. The first-order chi connectivity index (χ1) is 10.7. The van der Waals surface area contributed by atoms with Crippen LogP contribution in [0, 0.1) is 0 Å². The molecule has 2 rings (SSSR count). The van der Waals surface area contributed by atoms with E-state index in [1.165, 1.54) is 19.2 Å².